The van der Waals surface area contributed by atoms with Crippen LogP contribution < -0.4 is 21.7 Å². The van der Waals surface area contributed by atoms with E-state index in [0.29, 0.717) is 19.4 Å². The number of amides is 3. The van der Waals surface area contributed by atoms with Crippen molar-refractivity contribution < 1.29 is 23.9 Å². The molecular weight excluding hydrogens is 496 g/mol. The molecule has 2 rings (SSSR count). The summed E-state index contributed by atoms with van der Waals surface area (Å²) in [5.74, 6) is -1.18. The van der Waals surface area contributed by atoms with Crippen molar-refractivity contribution in [3.63, 3.8) is 0 Å². The summed E-state index contributed by atoms with van der Waals surface area (Å²) in [5.41, 5.74) is 6.48. The van der Waals surface area contributed by atoms with Crippen molar-refractivity contribution >= 4 is 23.7 Å². The molecule has 0 saturated carbocycles. The molecule has 9 nitrogen and oxygen atoms in total. The predicted molar refractivity (Wildman–Crippen MR) is 151 cm³/mol. The Labute approximate surface area is 231 Å². The Balaban J connectivity index is 2.26. The van der Waals surface area contributed by atoms with Crippen LogP contribution in [-0.4, -0.2) is 54.0 Å². The van der Waals surface area contributed by atoms with Crippen LogP contribution in [-0.2, 0) is 32.0 Å². The highest BCUT2D eigenvalue weighted by molar-refractivity contribution is 5.94. The molecule has 0 bridgehead atoms. The van der Waals surface area contributed by atoms with Crippen LogP contribution >= 0.6 is 0 Å². The molecule has 2 aromatic carbocycles. The van der Waals surface area contributed by atoms with E-state index in [9.17, 15) is 19.2 Å². The lowest BCUT2D eigenvalue weighted by Gasteiger charge is -2.26. The Hall–Kier alpha value is -3.72. The van der Waals surface area contributed by atoms with Gasteiger partial charge in [0.25, 0.3) is 0 Å². The van der Waals surface area contributed by atoms with E-state index in [2.05, 4.69) is 16.0 Å². The van der Waals surface area contributed by atoms with Crippen LogP contribution in [0.2, 0.25) is 0 Å². The highest BCUT2D eigenvalue weighted by Gasteiger charge is 2.30. The molecule has 0 aromatic heterocycles. The molecule has 0 aliphatic carbocycles. The van der Waals surface area contributed by atoms with Gasteiger partial charge in [-0.05, 0) is 64.6 Å². The third-order valence-corrected chi connectivity index (χ3v) is 5.96. The van der Waals surface area contributed by atoms with Gasteiger partial charge in [0.2, 0.25) is 11.8 Å². The first-order valence-electron chi connectivity index (χ1n) is 13.4. The van der Waals surface area contributed by atoms with E-state index >= 15 is 0 Å². The molecule has 0 fully saturated rings. The number of rotatable bonds is 14. The summed E-state index contributed by atoms with van der Waals surface area (Å²) in [4.78, 5) is 51.8. The highest BCUT2D eigenvalue weighted by Crippen LogP contribution is 2.11. The predicted octanol–water partition coefficient (Wildman–Crippen LogP) is 3.05. The quantitative estimate of drug-likeness (QED) is 0.273. The third kappa shape index (κ3) is 12.1. The standard InChI is InChI=1S/C30H42N4O5/c1-21(35)24(17-11-12-18-31)32-27(36)25(19-22-13-7-5-8-14-22)33-28(37)26(20-23-15-9-6-10-16-23)34-29(38)39-30(2,3)4/h5-10,13-16,24-26H,11-12,17-20,31H2,1-4H3,(H,32,36)(H,33,37)(H,34,38)/t24-,25-,26+/m0/s1. The topological polar surface area (TPSA) is 140 Å². The molecule has 0 saturated heterocycles. The van der Waals surface area contributed by atoms with Crippen molar-refractivity contribution in [3.8, 4) is 0 Å². The van der Waals surface area contributed by atoms with Crippen molar-refractivity contribution in [3.05, 3.63) is 71.8 Å². The van der Waals surface area contributed by atoms with E-state index in [0.717, 1.165) is 17.5 Å². The average Bonchev–Trinajstić information content (AvgIpc) is 2.87. The van der Waals surface area contributed by atoms with Gasteiger partial charge in [0, 0.05) is 12.8 Å². The van der Waals surface area contributed by atoms with Gasteiger partial charge in [-0.1, -0.05) is 60.7 Å². The number of benzene rings is 2. The fourth-order valence-electron chi connectivity index (χ4n) is 3.98. The van der Waals surface area contributed by atoms with Gasteiger partial charge in [-0.25, -0.2) is 4.79 Å². The Morgan fingerprint density at radius 2 is 1.21 bits per heavy atom. The van der Waals surface area contributed by atoms with Gasteiger partial charge < -0.3 is 26.4 Å². The van der Waals surface area contributed by atoms with Crippen LogP contribution in [0, 0.1) is 0 Å². The van der Waals surface area contributed by atoms with Gasteiger partial charge in [-0.15, -0.1) is 0 Å². The summed E-state index contributed by atoms with van der Waals surface area (Å²) in [6.45, 7) is 7.13. The molecule has 9 heteroatoms. The zero-order valence-corrected chi connectivity index (χ0v) is 23.4. The zero-order chi connectivity index (χ0) is 28.8. The number of hydrogen-bond acceptors (Lipinski definition) is 6. The molecule has 3 atom stereocenters. The van der Waals surface area contributed by atoms with E-state index < -0.39 is 41.6 Å². The Morgan fingerprint density at radius 3 is 1.64 bits per heavy atom. The smallest absolute Gasteiger partial charge is 0.408 e. The summed E-state index contributed by atoms with van der Waals surface area (Å²) < 4.78 is 5.37. The zero-order valence-electron chi connectivity index (χ0n) is 23.4. The van der Waals surface area contributed by atoms with Gasteiger partial charge in [0.05, 0.1) is 6.04 Å². The first-order chi connectivity index (χ1) is 18.5. The first kappa shape index (κ1) is 31.5. The lowest BCUT2D eigenvalue weighted by Crippen LogP contribution is -2.57. The number of carbonyl (C=O) groups excluding carboxylic acids is 4. The summed E-state index contributed by atoms with van der Waals surface area (Å²) in [5, 5.41) is 8.27. The fraction of sp³-hybridized carbons (Fsp3) is 0.467. The van der Waals surface area contributed by atoms with Gasteiger partial charge in [0.1, 0.15) is 17.7 Å². The minimum atomic E-state index is -0.999. The summed E-state index contributed by atoms with van der Waals surface area (Å²) in [7, 11) is 0. The number of ether oxygens (including phenoxy) is 1. The second-order valence-electron chi connectivity index (χ2n) is 10.6. The Kier molecular flexibility index (Phi) is 12.6. The maximum atomic E-state index is 13.5. The maximum Gasteiger partial charge on any atom is 0.408 e. The van der Waals surface area contributed by atoms with Gasteiger partial charge >= 0.3 is 6.09 Å². The Bertz CT molecular complexity index is 1070. The molecule has 39 heavy (non-hydrogen) atoms. The maximum absolute atomic E-state index is 13.5. The van der Waals surface area contributed by atoms with Crippen molar-refractivity contribution in [2.24, 2.45) is 5.73 Å². The summed E-state index contributed by atoms with van der Waals surface area (Å²) in [6.07, 6.45) is 1.55. The molecule has 0 heterocycles. The largest absolute Gasteiger partial charge is 0.444 e. The van der Waals surface area contributed by atoms with Crippen LogP contribution in [0.3, 0.4) is 0 Å². The first-order valence-corrected chi connectivity index (χ1v) is 13.4. The minimum Gasteiger partial charge on any atom is -0.444 e. The second-order valence-corrected chi connectivity index (χ2v) is 10.6. The summed E-state index contributed by atoms with van der Waals surface area (Å²) >= 11 is 0. The molecule has 0 aliphatic rings. The molecule has 212 valence electrons. The van der Waals surface area contributed by atoms with Crippen molar-refractivity contribution in [2.45, 2.75) is 83.5 Å². The van der Waals surface area contributed by atoms with E-state index in [1.54, 1.807) is 20.8 Å². The van der Waals surface area contributed by atoms with Crippen molar-refractivity contribution in [1.29, 1.82) is 0 Å². The highest BCUT2D eigenvalue weighted by atomic mass is 16.6. The van der Waals surface area contributed by atoms with Gasteiger partial charge in [0.15, 0.2) is 5.78 Å². The van der Waals surface area contributed by atoms with Gasteiger partial charge in [-0.3, -0.25) is 14.4 Å². The average molecular weight is 539 g/mol. The molecule has 5 N–H and O–H groups in total. The number of carbonyl (C=O) groups is 4. The van der Waals surface area contributed by atoms with E-state index in [1.807, 2.05) is 60.7 Å². The molecule has 0 spiro atoms. The van der Waals surface area contributed by atoms with Crippen LogP contribution in [0.1, 0.15) is 58.1 Å². The van der Waals surface area contributed by atoms with E-state index in [-0.39, 0.29) is 18.6 Å². The molecule has 0 unspecified atom stereocenters. The molecule has 2 aromatic rings. The number of nitrogens with one attached hydrogen (secondary N) is 3. The van der Waals surface area contributed by atoms with Crippen LogP contribution in [0.5, 0.6) is 0 Å². The van der Waals surface area contributed by atoms with E-state index in [1.165, 1.54) is 6.92 Å². The van der Waals surface area contributed by atoms with Crippen LogP contribution in [0.4, 0.5) is 4.79 Å². The SMILES string of the molecule is CC(=O)[C@H](CCCCN)NC(=O)[C@H](Cc1ccccc1)NC(=O)[C@@H](Cc1ccccc1)NC(=O)OC(C)(C)C. The lowest BCUT2D eigenvalue weighted by molar-refractivity contribution is -0.131. The fourth-order valence-corrected chi connectivity index (χ4v) is 3.98. The number of unbranched alkanes of at least 4 members (excludes halogenated alkanes) is 1. The van der Waals surface area contributed by atoms with Crippen LogP contribution in [0.15, 0.2) is 60.7 Å². The minimum absolute atomic E-state index is 0.168. The monoisotopic (exact) mass is 538 g/mol. The number of nitrogens with two attached hydrogens (primary N) is 1. The molecule has 3 amide bonds. The van der Waals surface area contributed by atoms with Crippen molar-refractivity contribution in [2.75, 3.05) is 6.54 Å². The second kappa shape index (κ2) is 15.6. The number of Topliss-reactive ketones (excluding diaryl/α,β-unsaturated/α-hetero) is 1. The molecular formula is C30H42N4O5. The molecule has 0 radical (unpaired) electrons. The Morgan fingerprint density at radius 1 is 0.744 bits per heavy atom. The third-order valence-electron chi connectivity index (χ3n) is 5.96. The van der Waals surface area contributed by atoms with E-state index in [4.69, 9.17) is 10.5 Å². The number of hydrogen-bond donors (Lipinski definition) is 4. The van der Waals surface area contributed by atoms with Crippen molar-refractivity contribution in [1.82, 2.24) is 16.0 Å². The number of ketones is 1. The number of alkyl carbamates (subject to hydrolysis) is 1. The normalized spacial score (nSPS) is 13.5. The summed E-state index contributed by atoms with van der Waals surface area (Å²) in [6, 6.07) is 15.9. The van der Waals surface area contributed by atoms with Crippen LogP contribution in [0.25, 0.3) is 0 Å². The molecule has 0 aliphatic heterocycles. The lowest BCUT2D eigenvalue weighted by atomic mass is 10.0. The van der Waals surface area contributed by atoms with Gasteiger partial charge in [-0.2, -0.15) is 0 Å².